The summed E-state index contributed by atoms with van der Waals surface area (Å²) in [6, 6.07) is 8.83. The van der Waals surface area contributed by atoms with Gasteiger partial charge in [0.05, 0.1) is 11.9 Å². The smallest absolute Gasteiger partial charge is 0.381 e. The maximum absolute atomic E-state index is 13.1. The zero-order valence-corrected chi connectivity index (χ0v) is 15.1. The van der Waals surface area contributed by atoms with E-state index in [1.165, 1.54) is 0 Å². The Hall–Kier alpha value is -3.10. The fourth-order valence-electron chi connectivity index (χ4n) is 3.13. The number of fused-ring (bicyclic) bond motifs is 1. The van der Waals surface area contributed by atoms with Crippen LogP contribution in [0, 0.1) is 0 Å². The van der Waals surface area contributed by atoms with Crippen molar-refractivity contribution in [2.75, 3.05) is 5.32 Å². The van der Waals surface area contributed by atoms with E-state index < -0.39 is 17.3 Å². The molecule has 0 saturated carbocycles. The standard InChI is InChI=1S/C19H19F3N4O2/c1-11(24-15-10-23-26-18(28)16(15)19(20,21)22)5-4-7-13-9-12-6-2-3-8-14(12)17(27)25-13/h2-3,6,8-11H,4-5,7H2,1H3,(H,25,27)(H2,24,26,28)/t11-/m0/s1. The largest absolute Gasteiger partial charge is 0.423 e. The fraction of sp³-hybridized carbons (Fsp3) is 0.316. The molecule has 0 aliphatic heterocycles. The van der Waals surface area contributed by atoms with Crippen LogP contribution in [0.1, 0.15) is 31.0 Å². The van der Waals surface area contributed by atoms with Crippen molar-refractivity contribution in [3.8, 4) is 0 Å². The molecule has 0 fully saturated rings. The number of alkyl halides is 3. The Morgan fingerprint density at radius 2 is 1.93 bits per heavy atom. The number of pyridine rings is 1. The van der Waals surface area contributed by atoms with Gasteiger partial charge in [-0.15, -0.1) is 0 Å². The molecule has 1 atom stereocenters. The van der Waals surface area contributed by atoms with Crippen molar-refractivity contribution in [2.45, 2.75) is 38.4 Å². The van der Waals surface area contributed by atoms with Gasteiger partial charge in [-0.3, -0.25) is 9.59 Å². The minimum Gasteiger partial charge on any atom is -0.381 e. The number of rotatable bonds is 6. The molecule has 0 spiro atoms. The monoisotopic (exact) mass is 392 g/mol. The van der Waals surface area contributed by atoms with E-state index in [9.17, 15) is 22.8 Å². The van der Waals surface area contributed by atoms with Gasteiger partial charge in [0, 0.05) is 17.1 Å². The lowest BCUT2D eigenvalue weighted by Gasteiger charge is -2.18. The van der Waals surface area contributed by atoms with Crippen molar-refractivity contribution in [2.24, 2.45) is 0 Å². The van der Waals surface area contributed by atoms with Crippen LogP contribution in [0.4, 0.5) is 18.9 Å². The molecule has 0 radical (unpaired) electrons. The summed E-state index contributed by atoms with van der Waals surface area (Å²) in [4.78, 5) is 26.4. The van der Waals surface area contributed by atoms with E-state index in [4.69, 9.17) is 0 Å². The summed E-state index contributed by atoms with van der Waals surface area (Å²) in [6.07, 6.45) is -2.06. The molecule has 3 aromatic rings. The van der Waals surface area contributed by atoms with Crippen LogP contribution in [-0.4, -0.2) is 21.2 Å². The summed E-state index contributed by atoms with van der Waals surface area (Å²) >= 11 is 0. The lowest BCUT2D eigenvalue weighted by atomic mass is 10.1. The Kier molecular flexibility index (Phi) is 5.53. The van der Waals surface area contributed by atoms with Crippen LogP contribution in [-0.2, 0) is 12.6 Å². The summed E-state index contributed by atoms with van der Waals surface area (Å²) in [5.41, 5.74) is -2.30. The third-order valence-electron chi connectivity index (χ3n) is 4.43. The van der Waals surface area contributed by atoms with Gasteiger partial charge in [0.2, 0.25) is 0 Å². The van der Waals surface area contributed by atoms with Crippen LogP contribution in [0.15, 0.2) is 46.1 Å². The van der Waals surface area contributed by atoms with Gasteiger partial charge < -0.3 is 10.3 Å². The second-order valence-electron chi connectivity index (χ2n) is 6.63. The molecule has 28 heavy (non-hydrogen) atoms. The zero-order chi connectivity index (χ0) is 20.3. The van der Waals surface area contributed by atoms with Gasteiger partial charge in [0.15, 0.2) is 0 Å². The number of hydrogen-bond acceptors (Lipinski definition) is 4. The van der Waals surface area contributed by atoms with Crippen molar-refractivity contribution in [3.05, 3.63) is 68.5 Å². The lowest BCUT2D eigenvalue weighted by molar-refractivity contribution is -0.138. The third-order valence-corrected chi connectivity index (χ3v) is 4.43. The maximum Gasteiger partial charge on any atom is 0.423 e. The van der Waals surface area contributed by atoms with E-state index in [0.717, 1.165) is 17.3 Å². The molecule has 0 aliphatic rings. The van der Waals surface area contributed by atoms with Crippen LogP contribution >= 0.6 is 0 Å². The Balaban J connectivity index is 1.65. The Morgan fingerprint density at radius 3 is 2.68 bits per heavy atom. The summed E-state index contributed by atoms with van der Waals surface area (Å²) in [6.45, 7) is 1.73. The highest BCUT2D eigenvalue weighted by atomic mass is 19.4. The molecule has 0 bridgehead atoms. The Labute approximate surface area is 157 Å². The average molecular weight is 392 g/mol. The molecule has 2 heterocycles. The van der Waals surface area contributed by atoms with E-state index >= 15 is 0 Å². The first-order valence-corrected chi connectivity index (χ1v) is 8.78. The molecular weight excluding hydrogens is 373 g/mol. The highest BCUT2D eigenvalue weighted by Gasteiger charge is 2.37. The predicted molar refractivity (Wildman–Crippen MR) is 100 cm³/mol. The van der Waals surface area contributed by atoms with Gasteiger partial charge in [-0.25, -0.2) is 5.10 Å². The maximum atomic E-state index is 13.1. The van der Waals surface area contributed by atoms with Gasteiger partial charge in [-0.05, 0) is 43.7 Å². The number of H-pyrrole nitrogens is 2. The number of aromatic nitrogens is 3. The highest BCUT2D eigenvalue weighted by Crippen LogP contribution is 2.31. The number of benzene rings is 1. The van der Waals surface area contributed by atoms with E-state index in [0.29, 0.717) is 24.6 Å². The second-order valence-corrected chi connectivity index (χ2v) is 6.63. The highest BCUT2D eigenvalue weighted by molar-refractivity contribution is 5.81. The average Bonchev–Trinajstić information content (AvgIpc) is 2.60. The first-order valence-electron chi connectivity index (χ1n) is 8.78. The summed E-state index contributed by atoms with van der Waals surface area (Å²) < 4.78 is 39.2. The molecule has 0 amide bonds. The number of nitrogens with zero attached hydrogens (tertiary/aromatic N) is 1. The van der Waals surface area contributed by atoms with Crippen molar-refractivity contribution < 1.29 is 13.2 Å². The topological polar surface area (TPSA) is 90.6 Å². The Morgan fingerprint density at radius 1 is 1.18 bits per heavy atom. The normalized spacial score (nSPS) is 12.9. The van der Waals surface area contributed by atoms with Crippen LogP contribution in [0.3, 0.4) is 0 Å². The number of aromatic amines is 2. The quantitative estimate of drug-likeness (QED) is 0.599. The molecule has 0 saturated heterocycles. The third kappa shape index (κ3) is 4.41. The zero-order valence-electron chi connectivity index (χ0n) is 15.1. The van der Waals surface area contributed by atoms with Crippen molar-refractivity contribution in [1.82, 2.24) is 15.2 Å². The lowest BCUT2D eigenvalue weighted by Crippen LogP contribution is -2.27. The van der Waals surface area contributed by atoms with Crippen LogP contribution in [0.2, 0.25) is 0 Å². The summed E-state index contributed by atoms with van der Waals surface area (Å²) in [7, 11) is 0. The van der Waals surface area contributed by atoms with Crippen LogP contribution in [0.25, 0.3) is 10.8 Å². The van der Waals surface area contributed by atoms with Crippen molar-refractivity contribution in [1.29, 1.82) is 0 Å². The molecule has 3 rings (SSSR count). The van der Waals surface area contributed by atoms with Gasteiger partial charge >= 0.3 is 6.18 Å². The minimum absolute atomic E-state index is 0.163. The second kappa shape index (κ2) is 7.87. The summed E-state index contributed by atoms with van der Waals surface area (Å²) in [5.74, 6) is 0. The molecule has 1 aromatic carbocycles. The molecule has 2 aromatic heterocycles. The molecular formula is C19H19F3N4O2. The van der Waals surface area contributed by atoms with E-state index in [-0.39, 0.29) is 17.3 Å². The SMILES string of the molecule is C[C@@H](CCCc1cc2ccccc2c(=O)[nH]1)Nc1cn[nH]c(=O)c1C(F)(F)F. The van der Waals surface area contributed by atoms with E-state index in [1.54, 1.807) is 24.2 Å². The van der Waals surface area contributed by atoms with E-state index in [1.807, 2.05) is 18.2 Å². The minimum atomic E-state index is -4.77. The fourth-order valence-corrected chi connectivity index (χ4v) is 3.13. The van der Waals surface area contributed by atoms with Crippen LogP contribution < -0.4 is 16.4 Å². The molecule has 3 N–H and O–H groups in total. The van der Waals surface area contributed by atoms with Gasteiger partial charge in [0.1, 0.15) is 5.56 Å². The number of nitrogens with one attached hydrogen (secondary N) is 3. The molecule has 6 nitrogen and oxygen atoms in total. The molecule has 0 aliphatic carbocycles. The predicted octanol–water partition coefficient (Wildman–Crippen LogP) is 3.45. The van der Waals surface area contributed by atoms with Gasteiger partial charge in [-0.2, -0.15) is 18.3 Å². The molecule has 148 valence electrons. The van der Waals surface area contributed by atoms with Gasteiger partial charge in [0.25, 0.3) is 11.1 Å². The van der Waals surface area contributed by atoms with Crippen molar-refractivity contribution >= 4 is 16.5 Å². The summed E-state index contributed by atoms with van der Waals surface area (Å²) in [5, 5.41) is 9.41. The number of anilines is 1. The Bertz CT molecular complexity index is 1090. The molecule has 9 heteroatoms. The first kappa shape index (κ1) is 19.7. The van der Waals surface area contributed by atoms with Crippen molar-refractivity contribution in [3.63, 3.8) is 0 Å². The number of aryl methyl sites for hydroxylation is 1. The van der Waals surface area contributed by atoms with Gasteiger partial charge in [-0.1, -0.05) is 18.2 Å². The number of halogens is 3. The van der Waals surface area contributed by atoms with Crippen LogP contribution in [0.5, 0.6) is 0 Å². The molecule has 0 unspecified atom stereocenters. The number of hydrogen-bond donors (Lipinski definition) is 3. The first-order chi connectivity index (χ1) is 13.3. The van der Waals surface area contributed by atoms with E-state index in [2.05, 4.69) is 15.4 Å².